The number of aromatic amines is 1. The van der Waals surface area contributed by atoms with Gasteiger partial charge in [-0.3, -0.25) is 4.79 Å². The van der Waals surface area contributed by atoms with E-state index in [9.17, 15) is 4.79 Å². The first kappa shape index (κ1) is 19.6. The zero-order valence-electron chi connectivity index (χ0n) is 17.4. The predicted octanol–water partition coefficient (Wildman–Crippen LogP) is 4.64. The number of benzene rings is 1. The summed E-state index contributed by atoms with van der Waals surface area (Å²) in [6.07, 6.45) is 15.7. The number of aromatic nitrogens is 3. The maximum atomic E-state index is 12.4. The Kier molecular flexibility index (Phi) is 5.32. The number of hydrogen-bond acceptors (Lipinski definition) is 6. The molecule has 1 spiro atoms. The van der Waals surface area contributed by atoms with Crippen molar-refractivity contribution in [1.29, 1.82) is 0 Å². The van der Waals surface area contributed by atoms with Gasteiger partial charge in [0.1, 0.15) is 6.26 Å². The molecule has 0 amide bonds. The Labute approximate surface area is 180 Å². The monoisotopic (exact) mass is 418 g/mol. The van der Waals surface area contributed by atoms with Gasteiger partial charge in [-0.05, 0) is 43.9 Å². The fraction of sp³-hybridized carbons (Fsp3) is 0.375. The topological polar surface area (TPSA) is 84.3 Å². The summed E-state index contributed by atoms with van der Waals surface area (Å²) in [5.74, 6) is 1.34. The Balaban J connectivity index is 1.37. The third-order valence-electron chi connectivity index (χ3n) is 6.10. The summed E-state index contributed by atoms with van der Waals surface area (Å²) in [6.45, 7) is 2.09. The van der Waals surface area contributed by atoms with Gasteiger partial charge in [0.2, 0.25) is 11.8 Å². The zero-order valence-corrected chi connectivity index (χ0v) is 17.4. The van der Waals surface area contributed by atoms with E-state index >= 15 is 0 Å². The van der Waals surface area contributed by atoms with Crippen molar-refractivity contribution in [2.45, 2.75) is 32.1 Å². The molecule has 2 aromatic heterocycles. The summed E-state index contributed by atoms with van der Waals surface area (Å²) >= 11 is 0. The quantitative estimate of drug-likeness (QED) is 0.610. The van der Waals surface area contributed by atoms with Crippen molar-refractivity contribution < 1.29 is 13.9 Å². The van der Waals surface area contributed by atoms with Crippen molar-refractivity contribution >= 4 is 23.0 Å². The van der Waals surface area contributed by atoms with Gasteiger partial charge in [-0.25, -0.2) is 9.97 Å². The summed E-state index contributed by atoms with van der Waals surface area (Å²) in [4.78, 5) is 27.1. The van der Waals surface area contributed by atoms with Crippen LogP contribution < -0.4 is 4.90 Å². The molecule has 1 atom stereocenters. The number of nitrogens with one attached hydrogen (secondary N) is 1. The van der Waals surface area contributed by atoms with Crippen molar-refractivity contribution in [3.8, 4) is 11.5 Å². The number of cyclic esters (lactones) is 1. The number of esters is 1. The minimum atomic E-state index is -0.138. The molecule has 7 heteroatoms. The van der Waals surface area contributed by atoms with E-state index in [1.807, 2.05) is 18.2 Å². The third-order valence-corrected chi connectivity index (χ3v) is 6.10. The van der Waals surface area contributed by atoms with Crippen LogP contribution in [0.25, 0.3) is 22.5 Å². The first-order chi connectivity index (χ1) is 15.2. The van der Waals surface area contributed by atoms with Crippen LogP contribution in [0.2, 0.25) is 0 Å². The number of carbonyl (C=O) groups excluding carboxylic acids is 1. The molecule has 5 rings (SSSR count). The molecule has 2 aliphatic rings. The molecule has 7 nitrogen and oxygen atoms in total. The van der Waals surface area contributed by atoms with Gasteiger partial charge in [-0.1, -0.05) is 24.3 Å². The van der Waals surface area contributed by atoms with Gasteiger partial charge in [0, 0.05) is 24.1 Å². The van der Waals surface area contributed by atoms with Crippen LogP contribution in [0.1, 0.15) is 32.1 Å². The van der Waals surface area contributed by atoms with Crippen LogP contribution in [0.5, 0.6) is 0 Å². The number of oxazole rings is 1. The lowest BCUT2D eigenvalue weighted by atomic mass is 9.75. The lowest BCUT2D eigenvalue weighted by Crippen LogP contribution is -2.28. The van der Waals surface area contributed by atoms with Crippen LogP contribution in [0.3, 0.4) is 0 Å². The van der Waals surface area contributed by atoms with Crippen LogP contribution in [0.15, 0.2) is 59.4 Å². The molecule has 1 aliphatic carbocycles. The number of imidazole rings is 1. The summed E-state index contributed by atoms with van der Waals surface area (Å²) in [7, 11) is 0. The normalized spacial score (nSPS) is 22.6. The molecule has 1 unspecified atom stereocenters. The van der Waals surface area contributed by atoms with Crippen molar-refractivity contribution in [1.82, 2.24) is 15.0 Å². The second-order valence-electron chi connectivity index (χ2n) is 8.32. The number of ether oxygens (including phenoxy) is 1. The SMILES string of the molecule is O=C1CC2(C=CC=CC2)CCCN(c2nc3ccc(-c4ncco4)cc3[nH]2)CCCO1. The van der Waals surface area contributed by atoms with Crippen molar-refractivity contribution in [3.63, 3.8) is 0 Å². The highest BCUT2D eigenvalue weighted by molar-refractivity contribution is 5.82. The molecule has 0 radical (unpaired) electrons. The standard InChI is InChI=1S/C24H26N4O3/c29-21-17-24(8-2-1-3-9-24)10-4-12-28(13-5-14-30-21)23-26-19-7-6-18(16-20(19)27-23)22-25-11-15-31-22/h1-3,6-8,11,15-16H,4-5,9-10,12-14,17H2,(H,26,27). The largest absolute Gasteiger partial charge is 0.466 e. The highest BCUT2D eigenvalue weighted by Crippen LogP contribution is 2.37. The maximum absolute atomic E-state index is 12.4. The van der Waals surface area contributed by atoms with E-state index in [0.29, 0.717) is 18.9 Å². The first-order valence-electron chi connectivity index (χ1n) is 10.9. The van der Waals surface area contributed by atoms with Crippen LogP contribution in [0, 0.1) is 5.41 Å². The Morgan fingerprint density at radius 2 is 2.10 bits per heavy atom. The first-order valence-corrected chi connectivity index (χ1v) is 10.9. The van der Waals surface area contributed by atoms with E-state index in [0.717, 1.165) is 61.3 Å². The van der Waals surface area contributed by atoms with Gasteiger partial charge in [0.05, 0.1) is 30.3 Å². The van der Waals surface area contributed by atoms with Gasteiger partial charge in [0.15, 0.2) is 0 Å². The Bertz CT molecular complexity index is 1120. The molecule has 0 saturated carbocycles. The van der Waals surface area contributed by atoms with E-state index in [1.165, 1.54) is 0 Å². The minimum Gasteiger partial charge on any atom is -0.466 e. The van der Waals surface area contributed by atoms with E-state index in [-0.39, 0.29) is 11.4 Å². The number of rotatable bonds is 2. The van der Waals surface area contributed by atoms with E-state index in [1.54, 1.807) is 12.5 Å². The van der Waals surface area contributed by atoms with Gasteiger partial charge < -0.3 is 19.0 Å². The molecule has 3 aromatic rings. The lowest BCUT2D eigenvalue weighted by molar-refractivity contribution is -0.145. The molecule has 1 fully saturated rings. The smallest absolute Gasteiger partial charge is 0.306 e. The van der Waals surface area contributed by atoms with E-state index in [4.69, 9.17) is 14.1 Å². The fourth-order valence-electron chi connectivity index (χ4n) is 4.48. The lowest BCUT2D eigenvalue weighted by Gasteiger charge is -2.31. The number of H-pyrrole nitrogens is 1. The molecule has 1 N–H and O–H groups in total. The van der Waals surface area contributed by atoms with Gasteiger partial charge >= 0.3 is 5.97 Å². The summed E-state index contributed by atoms with van der Waals surface area (Å²) < 4.78 is 10.9. The maximum Gasteiger partial charge on any atom is 0.306 e. The number of nitrogens with zero attached hydrogens (tertiary/aromatic N) is 3. The third kappa shape index (κ3) is 4.26. The van der Waals surface area contributed by atoms with Gasteiger partial charge in [-0.15, -0.1) is 0 Å². The summed E-state index contributed by atoms with van der Waals surface area (Å²) in [6, 6.07) is 5.97. The Morgan fingerprint density at radius 1 is 1.16 bits per heavy atom. The number of carbonyl (C=O) groups is 1. The van der Waals surface area contributed by atoms with Crippen LogP contribution in [0.4, 0.5) is 5.95 Å². The van der Waals surface area contributed by atoms with Crippen LogP contribution in [-0.4, -0.2) is 40.6 Å². The van der Waals surface area contributed by atoms with Crippen LogP contribution in [-0.2, 0) is 9.53 Å². The number of hydrogen-bond donors (Lipinski definition) is 1. The molecular formula is C24H26N4O3. The second kappa shape index (κ2) is 8.41. The molecular weight excluding hydrogens is 392 g/mol. The van der Waals surface area contributed by atoms with Crippen LogP contribution >= 0.6 is 0 Å². The Hall–Kier alpha value is -3.35. The van der Waals surface area contributed by atoms with E-state index < -0.39 is 0 Å². The Morgan fingerprint density at radius 3 is 2.94 bits per heavy atom. The van der Waals surface area contributed by atoms with Crippen molar-refractivity contribution in [2.24, 2.45) is 5.41 Å². The van der Waals surface area contributed by atoms with Crippen molar-refractivity contribution in [2.75, 3.05) is 24.6 Å². The molecule has 160 valence electrons. The van der Waals surface area contributed by atoms with Gasteiger partial charge in [0.25, 0.3) is 0 Å². The molecule has 1 saturated heterocycles. The molecule has 1 aliphatic heterocycles. The highest BCUT2D eigenvalue weighted by atomic mass is 16.5. The average Bonchev–Trinajstić information content (AvgIpc) is 3.44. The fourth-order valence-corrected chi connectivity index (χ4v) is 4.48. The predicted molar refractivity (Wildman–Crippen MR) is 119 cm³/mol. The molecule has 0 bridgehead atoms. The number of allylic oxidation sites excluding steroid dienone is 4. The minimum absolute atomic E-state index is 0.101. The highest BCUT2D eigenvalue weighted by Gasteiger charge is 2.31. The van der Waals surface area contributed by atoms with Crippen molar-refractivity contribution in [3.05, 3.63) is 55.0 Å². The van der Waals surface area contributed by atoms with E-state index in [2.05, 4.69) is 39.2 Å². The molecule has 31 heavy (non-hydrogen) atoms. The average molecular weight is 418 g/mol. The zero-order chi connectivity index (χ0) is 21.1. The molecule has 3 heterocycles. The number of anilines is 1. The van der Waals surface area contributed by atoms with Gasteiger partial charge in [-0.2, -0.15) is 0 Å². The molecule has 1 aromatic carbocycles. The number of fused-ring (bicyclic) bond motifs is 1. The summed E-state index contributed by atoms with van der Waals surface area (Å²) in [5.41, 5.74) is 2.63. The summed E-state index contributed by atoms with van der Waals surface area (Å²) in [5, 5.41) is 0. The second-order valence-corrected chi connectivity index (χ2v) is 8.32.